The number of likely N-dealkylation sites (N-methyl/N-ethyl adjacent to an activating group) is 1. The van der Waals surface area contributed by atoms with Crippen LogP contribution in [0.2, 0.25) is 0 Å². The van der Waals surface area contributed by atoms with E-state index in [0.29, 0.717) is 6.04 Å². The quantitative estimate of drug-likeness (QED) is 0.886. The van der Waals surface area contributed by atoms with Gasteiger partial charge in [-0.15, -0.1) is 0 Å². The average Bonchev–Trinajstić information content (AvgIpc) is 2.91. The van der Waals surface area contributed by atoms with Gasteiger partial charge in [-0.25, -0.2) is 0 Å². The van der Waals surface area contributed by atoms with Gasteiger partial charge in [0, 0.05) is 25.7 Å². The Morgan fingerprint density at radius 3 is 2.73 bits per heavy atom. The Bertz CT molecular complexity index is 644. The lowest BCUT2D eigenvalue weighted by atomic mass is 10.1. The Labute approximate surface area is 131 Å². The summed E-state index contributed by atoms with van der Waals surface area (Å²) in [6, 6.07) is 13.1. The van der Waals surface area contributed by atoms with Gasteiger partial charge in [0.05, 0.1) is 13.2 Å². The Morgan fingerprint density at radius 1 is 1.23 bits per heavy atom. The SMILES string of the molecule is COc1ccc2cc(CN(C)C[C@@H]3C[C@@H](O)CN3)ccc2c1. The molecule has 1 heterocycles. The van der Waals surface area contributed by atoms with Crippen molar-refractivity contribution in [3.8, 4) is 5.75 Å². The first-order valence-corrected chi connectivity index (χ1v) is 7.81. The molecule has 1 saturated heterocycles. The molecule has 0 aromatic heterocycles. The van der Waals surface area contributed by atoms with E-state index >= 15 is 0 Å². The lowest BCUT2D eigenvalue weighted by Gasteiger charge is -2.21. The highest BCUT2D eigenvalue weighted by Crippen LogP contribution is 2.22. The summed E-state index contributed by atoms with van der Waals surface area (Å²) in [7, 11) is 3.82. The molecule has 0 spiro atoms. The summed E-state index contributed by atoms with van der Waals surface area (Å²) >= 11 is 0. The van der Waals surface area contributed by atoms with E-state index in [0.717, 1.165) is 31.8 Å². The fourth-order valence-electron chi connectivity index (χ4n) is 3.19. The molecular weight excluding hydrogens is 276 g/mol. The molecule has 1 fully saturated rings. The van der Waals surface area contributed by atoms with Crippen LogP contribution >= 0.6 is 0 Å². The number of rotatable bonds is 5. The van der Waals surface area contributed by atoms with Crippen molar-refractivity contribution < 1.29 is 9.84 Å². The van der Waals surface area contributed by atoms with Crippen LogP contribution < -0.4 is 10.1 Å². The van der Waals surface area contributed by atoms with E-state index in [-0.39, 0.29) is 6.10 Å². The lowest BCUT2D eigenvalue weighted by Crippen LogP contribution is -2.34. The number of β-amino-alcohol motifs (C(OH)–C–C–N with tert-alkyl or cyclic N) is 1. The summed E-state index contributed by atoms with van der Waals surface area (Å²) < 4.78 is 5.26. The summed E-state index contributed by atoms with van der Waals surface area (Å²) in [6.45, 7) is 2.59. The Hall–Kier alpha value is -1.62. The first-order valence-electron chi connectivity index (χ1n) is 7.81. The van der Waals surface area contributed by atoms with Crippen molar-refractivity contribution in [3.63, 3.8) is 0 Å². The molecule has 0 amide bonds. The normalized spacial score (nSPS) is 21.6. The standard InChI is InChI=1S/C18H24N2O2/c1-20(12-16-9-17(21)10-19-16)11-13-3-4-15-8-18(22-2)6-5-14(15)7-13/h3-8,16-17,19,21H,9-12H2,1-2H3/t16-,17+/m0/s1. The Balaban J connectivity index is 1.65. The number of hydrogen-bond donors (Lipinski definition) is 2. The lowest BCUT2D eigenvalue weighted by molar-refractivity contribution is 0.189. The highest BCUT2D eigenvalue weighted by molar-refractivity contribution is 5.84. The third-order valence-corrected chi connectivity index (χ3v) is 4.30. The number of benzene rings is 2. The van der Waals surface area contributed by atoms with Crippen molar-refractivity contribution in [1.29, 1.82) is 0 Å². The van der Waals surface area contributed by atoms with Gasteiger partial charge >= 0.3 is 0 Å². The third-order valence-electron chi connectivity index (χ3n) is 4.30. The second-order valence-corrected chi connectivity index (χ2v) is 6.24. The molecule has 0 unspecified atom stereocenters. The fourth-order valence-corrected chi connectivity index (χ4v) is 3.19. The minimum atomic E-state index is -0.186. The Kier molecular flexibility index (Phi) is 4.62. The van der Waals surface area contributed by atoms with Gasteiger partial charge in [-0.2, -0.15) is 0 Å². The minimum Gasteiger partial charge on any atom is -0.497 e. The summed E-state index contributed by atoms with van der Waals surface area (Å²) in [5, 5.41) is 15.4. The topological polar surface area (TPSA) is 44.7 Å². The molecule has 1 aliphatic heterocycles. The predicted molar refractivity (Wildman–Crippen MR) is 89.2 cm³/mol. The van der Waals surface area contributed by atoms with Gasteiger partial charge in [-0.05, 0) is 48.0 Å². The Morgan fingerprint density at radius 2 is 2.00 bits per heavy atom. The fraction of sp³-hybridized carbons (Fsp3) is 0.444. The van der Waals surface area contributed by atoms with E-state index in [1.807, 2.05) is 6.07 Å². The molecule has 4 heteroatoms. The van der Waals surface area contributed by atoms with E-state index in [1.165, 1.54) is 16.3 Å². The van der Waals surface area contributed by atoms with Crippen molar-refractivity contribution in [2.24, 2.45) is 0 Å². The van der Waals surface area contributed by atoms with Crippen LogP contribution in [-0.2, 0) is 6.54 Å². The van der Waals surface area contributed by atoms with E-state index < -0.39 is 0 Å². The van der Waals surface area contributed by atoms with Crippen molar-refractivity contribution >= 4 is 10.8 Å². The van der Waals surface area contributed by atoms with Crippen molar-refractivity contribution in [1.82, 2.24) is 10.2 Å². The van der Waals surface area contributed by atoms with Crippen LogP contribution in [0.1, 0.15) is 12.0 Å². The molecule has 1 aliphatic rings. The molecule has 2 atom stereocenters. The van der Waals surface area contributed by atoms with Crippen LogP contribution in [0, 0.1) is 0 Å². The highest BCUT2D eigenvalue weighted by atomic mass is 16.5. The maximum absolute atomic E-state index is 9.57. The average molecular weight is 300 g/mol. The number of nitrogens with one attached hydrogen (secondary N) is 1. The second kappa shape index (κ2) is 6.65. The zero-order chi connectivity index (χ0) is 15.5. The summed E-state index contributed by atoms with van der Waals surface area (Å²) in [4.78, 5) is 2.31. The molecule has 4 nitrogen and oxygen atoms in total. The van der Waals surface area contributed by atoms with E-state index in [1.54, 1.807) is 7.11 Å². The first-order chi connectivity index (χ1) is 10.6. The number of hydrogen-bond acceptors (Lipinski definition) is 4. The molecule has 2 aromatic rings. The van der Waals surface area contributed by atoms with Gasteiger partial charge < -0.3 is 20.1 Å². The summed E-state index contributed by atoms with van der Waals surface area (Å²) in [5.41, 5.74) is 1.30. The van der Waals surface area contributed by atoms with Gasteiger partial charge in [0.25, 0.3) is 0 Å². The molecule has 0 saturated carbocycles. The molecule has 3 rings (SSSR count). The van der Waals surface area contributed by atoms with Crippen molar-refractivity contribution in [2.45, 2.75) is 25.1 Å². The smallest absolute Gasteiger partial charge is 0.119 e. The van der Waals surface area contributed by atoms with E-state index in [4.69, 9.17) is 4.74 Å². The predicted octanol–water partition coefficient (Wildman–Crippen LogP) is 2.00. The minimum absolute atomic E-state index is 0.186. The van der Waals surface area contributed by atoms with Gasteiger partial charge in [-0.1, -0.05) is 18.2 Å². The molecular formula is C18H24N2O2. The zero-order valence-electron chi connectivity index (χ0n) is 13.2. The maximum Gasteiger partial charge on any atom is 0.119 e. The summed E-state index contributed by atoms with van der Waals surface area (Å²) in [5.74, 6) is 0.892. The van der Waals surface area contributed by atoms with Gasteiger partial charge in [0.15, 0.2) is 0 Å². The van der Waals surface area contributed by atoms with Crippen LogP contribution in [0.4, 0.5) is 0 Å². The third kappa shape index (κ3) is 3.58. The number of fused-ring (bicyclic) bond motifs is 1. The van der Waals surface area contributed by atoms with Crippen LogP contribution in [-0.4, -0.2) is 49.4 Å². The van der Waals surface area contributed by atoms with Crippen LogP contribution in [0.5, 0.6) is 5.75 Å². The van der Waals surface area contributed by atoms with Crippen molar-refractivity contribution in [2.75, 3.05) is 27.2 Å². The molecule has 22 heavy (non-hydrogen) atoms. The van der Waals surface area contributed by atoms with Gasteiger partial charge in [-0.3, -0.25) is 0 Å². The van der Waals surface area contributed by atoms with Gasteiger partial charge in [0.2, 0.25) is 0 Å². The molecule has 0 bridgehead atoms. The molecule has 2 N–H and O–H groups in total. The number of nitrogens with zero attached hydrogens (tertiary/aromatic N) is 1. The molecule has 0 aliphatic carbocycles. The monoisotopic (exact) mass is 300 g/mol. The number of aliphatic hydroxyl groups is 1. The molecule has 2 aromatic carbocycles. The van der Waals surface area contributed by atoms with Crippen LogP contribution in [0.15, 0.2) is 36.4 Å². The number of ether oxygens (including phenoxy) is 1. The maximum atomic E-state index is 9.57. The first kappa shape index (κ1) is 15.3. The largest absolute Gasteiger partial charge is 0.497 e. The highest BCUT2D eigenvalue weighted by Gasteiger charge is 2.22. The van der Waals surface area contributed by atoms with E-state index in [9.17, 15) is 5.11 Å². The van der Waals surface area contributed by atoms with E-state index in [2.05, 4.69) is 47.6 Å². The zero-order valence-corrected chi connectivity index (χ0v) is 13.2. The second-order valence-electron chi connectivity index (χ2n) is 6.24. The van der Waals surface area contributed by atoms with Crippen molar-refractivity contribution in [3.05, 3.63) is 42.0 Å². The van der Waals surface area contributed by atoms with Gasteiger partial charge in [0.1, 0.15) is 5.75 Å². The molecule has 0 radical (unpaired) electrons. The molecule has 118 valence electrons. The van der Waals surface area contributed by atoms with Crippen LogP contribution in [0.3, 0.4) is 0 Å². The number of methoxy groups -OCH3 is 1. The summed E-state index contributed by atoms with van der Waals surface area (Å²) in [6.07, 6.45) is 0.663. The van der Waals surface area contributed by atoms with Crippen LogP contribution in [0.25, 0.3) is 10.8 Å². The number of aliphatic hydroxyl groups excluding tert-OH is 1.